The SMILES string of the molecule is CCc1nc2c(c(C)c(C)n2CCOC)c2nc3ccccc3n12. The summed E-state index contributed by atoms with van der Waals surface area (Å²) in [7, 11) is 1.73. The summed E-state index contributed by atoms with van der Waals surface area (Å²) in [5.74, 6) is 1.04. The highest BCUT2D eigenvalue weighted by atomic mass is 16.5. The second-order valence-corrected chi connectivity index (χ2v) is 6.19. The van der Waals surface area contributed by atoms with Gasteiger partial charge in [-0.3, -0.25) is 4.40 Å². The van der Waals surface area contributed by atoms with Crippen LogP contribution in [0.25, 0.3) is 27.7 Å². The van der Waals surface area contributed by atoms with Crippen LogP contribution < -0.4 is 0 Å². The Balaban J connectivity index is 2.18. The van der Waals surface area contributed by atoms with E-state index in [2.05, 4.69) is 47.9 Å². The number of fused-ring (bicyclic) bond motifs is 5. The van der Waals surface area contributed by atoms with Crippen LogP contribution in [0, 0.1) is 13.8 Å². The molecule has 0 unspecified atom stereocenters. The first-order chi connectivity index (χ1) is 11.7. The molecule has 0 saturated carbocycles. The smallest absolute Gasteiger partial charge is 0.150 e. The maximum Gasteiger partial charge on any atom is 0.150 e. The van der Waals surface area contributed by atoms with Crippen LogP contribution >= 0.6 is 0 Å². The predicted octanol–water partition coefficient (Wildman–Crippen LogP) is 3.66. The van der Waals surface area contributed by atoms with Crippen LogP contribution in [0.4, 0.5) is 0 Å². The third-order valence-electron chi connectivity index (χ3n) is 4.91. The largest absolute Gasteiger partial charge is 0.383 e. The molecule has 4 aromatic rings. The summed E-state index contributed by atoms with van der Waals surface area (Å²) in [5.41, 5.74) is 6.65. The zero-order valence-corrected chi connectivity index (χ0v) is 14.6. The molecule has 124 valence electrons. The lowest BCUT2D eigenvalue weighted by Crippen LogP contribution is -2.08. The molecular weight excluding hydrogens is 300 g/mol. The van der Waals surface area contributed by atoms with E-state index in [4.69, 9.17) is 14.7 Å². The van der Waals surface area contributed by atoms with Gasteiger partial charge in [0, 0.05) is 25.8 Å². The van der Waals surface area contributed by atoms with Gasteiger partial charge in [0.15, 0.2) is 5.65 Å². The number of hydrogen-bond donors (Lipinski definition) is 0. The van der Waals surface area contributed by atoms with Gasteiger partial charge in [0.05, 0.1) is 23.0 Å². The van der Waals surface area contributed by atoms with Crippen LogP contribution in [0.5, 0.6) is 0 Å². The molecular formula is C19H22N4O. The van der Waals surface area contributed by atoms with Crippen molar-refractivity contribution in [3.05, 3.63) is 41.3 Å². The van der Waals surface area contributed by atoms with Crippen molar-refractivity contribution < 1.29 is 4.74 Å². The van der Waals surface area contributed by atoms with Gasteiger partial charge in [0.1, 0.15) is 11.5 Å². The van der Waals surface area contributed by atoms with Gasteiger partial charge in [0.2, 0.25) is 0 Å². The van der Waals surface area contributed by atoms with E-state index in [0.29, 0.717) is 6.61 Å². The van der Waals surface area contributed by atoms with Crippen molar-refractivity contribution in [2.45, 2.75) is 33.7 Å². The summed E-state index contributed by atoms with van der Waals surface area (Å²) >= 11 is 0. The van der Waals surface area contributed by atoms with E-state index in [9.17, 15) is 0 Å². The molecule has 0 radical (unpaired) electrons. The van der Waals surface area contributed by atoms with E-state index < -0.39 is 0 Å². The Bertz CT molecular complexity index is 1060. The number of ether oxygens (including phenoxy) is 1. The molecule has 3 heterocycles. The molecule has 24 heavy (non-hydrogen) atoms. The Labute approximate surface area is 140 Å². The predicted molar refractivity (Wildman–Crippen MR) is 96.7 cm³/mol. The van der Waals surface area contributed by atoms with Crippen LogP contribution in [-0.4, -0.2) is 32.7 Å². The molecule has 0 spiro atoms. The minimum absolute atomic E-state index is 0.675. The molecule has 3 aromatic heterocycles. The quantitative estimate of drug-likeness (QED) is 0.576. The summed E-state index contributed by atoms with van der Waals surface area (Å²) < 4.78 is 9.75. The van der Waals surface area contributed by atoms with Crippen molar-refractivity contribution in [3.63, 3.8) is 0 Å². The Morgan fingerprint density at radius 1 is 1.08 bits per heavy atom. The Morgan fingerprint density at radius 3 is 2.62 bits per heavy atom. The molecule has 0 aliphatic heterocycles. The number of methoxy groups -OCH3 is 1. The van der Waals surface area contributed by atoms with Crippen molar-refractivity contribution in [2.75, 3.05) is 13.7 Å². The molecule has 0 aliphatic rings. The third kappa shape index (κ3) is 1.97. The molecule has 0 saturated heterocycles. The van der Waals surface area contributed by atoms with Gasteiger partial charge in [0.25, 0.3) is 0 Å². The molecule has 0 amide bonds. The zero-order chi connectivity index (χ0) is 16.8. The lowest BCUT2D eigenvalue weighted by molar-refractivity contribution is 0.187. The summed E-state index contributed by atoms with van der Waals surface area (Å²) in [6, 6.07) is 8.28. The fourth-order valence-corrected chi connectivity index (χ4v) is 3.55. The highest BCUT2D eigenvalue weighted by Crippen LogP contribution is 2.30. The van der Waals surface area contributed by atoms with Gasteiger partial charge in [-0.1, -0.05) is 19.1 Å². The Kier molecular flexibility index (Phi) is 3.53. The number of para-hydroxylation sites is 2. The van der Waals surface area contributed by atoms with Crippen molar-refractivity contribution in [1.29, 1.82) is 0 Å². The van der Waals surface area contributed by atoms with Crippen molar-refractivity contribution in [3.8, 4) is 0 Å². The number of nitrogens with zero attached hydrogens (tertiary/aromatic N) is 4. The maximum atomic E-state index is 5.28. The van der Waals surface area contributed by atoms with Crippen LogP contribution in [0.3, 0.4) is 0 Å². The van der Waals surface area contributed by atoms with E-state index in [1.807, 2.05) is 6.07 Å². The number of benzene rings is 1. The standard InChI is InChI=1S/C19H22N4O/c1-5-16-21-18-17(12(2)13(3)22(18)10-11-24-4)19-20-14-8-6-7-9-15(14)23(16)19/h6-9H,5,10-11H2,1-4H3. The Hall–Kier alpha value is -2.40. The van der Waals surface area contributed by atoms with E-state index in [0.717, 1.165) is 46.5 Å². The van der Waals surface area contributed by atoms with Crippen LogP contribution in [0.15, 0.2) is 24.3 Å². The summed E-state index contributed by atoms with van der Waals surface area (Å²) in [6.07, 6.45) is 0.861. The lowest BCUT2D eigenvalue weighted by Gasteiger charge is -2.09. The van der Waals surface area contributed by atoms with Gasteiger partial charge < -0.3 is 9.30 Å². The molecule has 1 aromatic carbocycles. The summed E-state index contributed by atoms with van der Waals surface area (Å²) in [6.45, 7) is 7.93. The van der Waals surface area contributed by atoms with Gasteiger partial charge in [-0.2, -0.15) is 0 Å². The summed E-state index contributed by atoms with van der Waals surface area (Å²) in [5, 5.41) is 1.15. The average molecular weight is 322 g/mol. The van der Waals surface area contributed by atoms with Crippen LogP contribution in [0.1, 0.15) is 24.0 Å². The normalized spacial score (nSPS) is 12.0. The van der Waals surface area contributed by atoms with E-state index in [1.165, 1.54) is 11.3 Å². The molecule has 5 nitrogen and oxygen atoms in total. The molecule has 0 aliphatic carbocycles. The van der Waals surface area contributed by atoms with E-state index in [1.54, 1.807) is 7.11 Å². The molecule has 0 bridgehead atoms. The first kappa shape index (κ1) is 15.1. The molecule has 0 atom stereocenters. The number of aromatic nitrogens is 4. The van der Waals surface area contributed by atoms with Crippen LogP contribution in [0.2, 0.25) is 0 Å². The third-order valence-corrected chi connectivity index (χ3v) is 4.91. The topological polar surface area (TPSA) is 44.3 Å². The second kappa shape index (κ2) is 5.60. The molecule has 0 N–H and O–H groups in total. The molecule has 4 rings (SSSR count). The first-order valence-corrected chi connectivity index (χ1v) is 8.41. The Morgan fingerprint density at radius 2 is 1.88 bits per heavy atom. The van der Waals surface area contributed by atoms with Gasteiger partial charge >= 0.3 is 0 Å². The van der Waals surface area contributed by atoms with Gasteiger partial charge in [-0.15, -0.1) is 0 Å². The summed E-state index contributed by atoms with van der Waals surface area (Å²) in [4.78, 5) is 9.93. The van der Waals surface area contributed by atoms with E-state index >= 15 is 0 Å². The number of aryl methyl sites for hydroxylation is 2. The first-order valence-electron chi connectivity index (χ1n) is 8.41. The average Bonchev–Trinajstić information content (AvgIpc) is 3.09. The van der Waals surface area contributed by atoms with Gasteiger partial charge in [-0.25, -0.2) is 9.97 Å². The monoisotopic (exact) mass is 322 g/mol. The highest BCUT2D eigenvalue weighted by Gasteiger charge is 2.20. The highest BCUT2D eigenvalue weighted by molar-refractivity contribution is 5.98. The van der Waals surface area contributed by atoms with E-state index in [-0.39, 0.29) is 0 Å². The minimum Gasteiger partial charge on any atom is -0.383 e. The molecule has 5 heteroatoms. The second-order valence-electron chi connectivity index (χ2n) is 6.19. The number of imidazole rings is 1. The van der Waals surface area contributed by atoms with Crippen molar-refractivity contribution in [2.24, 2.45) is 0 Å². The number of rotatable bonds is 4. The van der Waals surface area contributed by atoms with Crippen molar-refractivity contribution >= 4 is 27.7 Å². The fraction of sp³-hybridized carbons (Fsp3) is 0.368. The van der Waals surface area contributed by atoms with Crippen LogP contribution in [-0.2, 0) is 17.7 Å². The maximum absolute atomic E-state index is 5.28. The number of hydrogen-bond acceptors (Lipinski definition) is 3. The zero-order valence-electron chi connectivity index (χ0n) is 14.6. The minimum atomic E-state index is 0.675. The van der Waals surface area contributed by atoms with Gasteiger partial charge in [-0.05, 0) is 31.5 Å². The van der Waals surface area contributed by atoms with Crippen molar-refractivity contribution in [1.82, 2.24) is 18.9 Å². The fourth-order valence-electron chi connectivity index (χ4n) is 3.55. The molecule has 0 fully saturated rings. The lowest BCUT2D eigenvalue weighted by atomic mass is 10.2.